The number of ether oxygens (including phenoxy) is 1. The maximum atomic E-state index is 11.9. The van der Waals surface area contributed by atoms with Crippen LogP contribution in [0.4, 0.5) is 0 Å². The highest BCUT2D eigenvalue weighted by atomic mass is 35.5. The highest BCUT2D eigenvalue weighted by Crippen LogP contribution is 2.19. The largest absolute Gasteiger partial charge is 0.483 e. The second-order valence-electron chi connectivity index (χ2n) is 4.57. The Morgan fingerprint density at radius 1 is 1.42 bits per heavy atom. The van der Waals surface area contributed by atoms with E-state index < -0.39 is 6.10 Å². The molecule has 0 bridgehead atoms. The maximum absolute atomic E-state index is 11.9. The van der Waals surface area contributed by atoms with Crippen LogP contribution in [-0.4, -0.2) is 11.9 Å². The fourth-order valence-electron chi connectivity index (χ4n) is 1.78. The number of carbonyl (C=O) groups excluding carboxylic acids is 1. The summed E-state index contributed by atoms with van der Waals surface area (Å²) in [6.07, 6.45) is 6.14. The van der Waals surface area contributed by atoms with Crippen molar-refractivity contribution < 1.29 is 9.53 Å². The molecule has 0 aliphatic carbocycles. The van der Waals surface area contributed by atoms with Gasteiger partial charge in [-0.05, 0) is 44.4 Å². The summed E-state index contributed by atoms with van der Waals surface area (Å²) in [7, 11) is 0. The molecule has 0 spiro atoms. The van der Waals surface area contributed by atoms with Gasteiger partial charge in [-0.2, -0.15) is 0 Å². The van der Waals surface area contributed by atoms with E-state index in [0.717, 1.165) is 25.7 Å². The fraction of sp³-hybridized carbons (Fsp3) is 0.438. The lowest BCUT2D eigenvalue weighted by molar-refractivity contribution is -0.125. The minimum Gasteiger partial charge on any atom is -0.483 e. The second kappa shape index (κ2) is 8.76. The zero-order chi connectivity index (χ0) is 14.1. The first-order chi connectivity index (χ1) is 9.13. The number of rotatable bonds is 9. The molecule has 0 fully saturated rings. The van der Waals surface area contributed by atoms with Gasteiger partial charge in [0.05, 0.1) is 0 Å². The molecule has 0 aliphatic rings. The molecule has 19 heavy (non-hydrogen) atoms. The minimum atomic E-state index is -0.419. The summed E-state index contributed by atoms with van der Waals surface area (Å²) >= 11 is 5.87. The van der Waals surface area contributed by atoms with Crippen LogP contribution in [0.15, 0.2) is 36.9 Å². The minimum absolute atomic E-state index is 0.138. The lowest BCUT2D eigenvalue weighted by atomic mass is 10.1. The van der Waals surface area contributed by atoms with Crippen molar-refractivity contribution >= 4 is 17.4 Å². The van der Waals surface area contributed by atoms with Crippen molar-refractivity contribution in [2.24, 2.45) is 0 Å². The van der Waals surface area contributed by atoms with Crippen LogP contribution in [-0.2, 0) is 4.79 Å². The van der Waals surface area contributed by atoms with E-state index in [4.69, 9.17) is 16.3 Å². The third kappa shape index (κ3) is 6.44. The average molecular weight is 281 g/mol. The van der Waals surface area contributed by atoms with E-state index in [1.807, 2.05) is 12.1 Å². The molecule has 1 aromatic rings. The Labute approximate surface area is 120 Å². The SMILES string of the molecule is C=CCCCCCC(=O)C(C)Oc1cccc(Cl)c1. The second-order valence-corrected chi connectivity index (χ2v) is 5.01. The molecule has 0 saturated carbocycles. The van der Waals surface area contributed by atoms with Crippen molar-refractivity contribution in [1.29, 1.82) is 0 Å². The lowest BCUT2D eigenvalue weighted by Crippen LogP contribution is -2.23. The number of hydrogen-bond donors (Lipinski definition) is 0. The van der Waals surface area contributed by atoms with Gasteiger partial charge in [0.15, 0.2) is 11.9 Å². The third-order valence-electron chi connectivity index (χ3n) is 2.89. The molecular formula is C16H21ClO2. The highest BCUT2D eigenvalue weighted by molar-refractivity contribution is 6.30. The summed E-state index contributed by atoms with van der Waals surface area (Å²) in [6, 6.07) is 7.11. The number of carbonyl (C=O) groups is 1. The van der Waals surface area contributed by atoms with Crippen molar-refractivity contribution in [3.8, 4) is 5.75 Å². The fourth-order valence-corrected chi connectivity index (χ4v) is 1.96. The summed E-state index contributed by atoms with van der Waals surface area (Å²) in [5.41, 5.74) is 0. The van der Waals surface area contributed by atoms with Crippen molar-refractivity contribution in [2.75, 3.05) is 0 Å². The molecule has 1 atom stereocenters. The van der Waals surface area contributed by atoms with E-state index in [1.54, 1.807) is 25.1 Å². The van der Waals surface area contributed by atoms with Gasteiger partial charge in [0.25, 0.3) is 0 Å². The Morgan fingerprint density at radius 2 is 2.21 bits per heavy atom. The van der Waals surface area contributed by atoms with Crippen LogP contribution in [0.25, 0.3) is 0 Å². The molecule has 3 heteroatoms. The van der Waals surface area contributed by atoms with Crippen molar-refractivity contribution in [3.63, 3.8) is 0 Å². The Morgan fingerprint density at radius 3 is 2.89 bits per heavy atom. The number of benzene rings is 1. The van der Waals surface area contributed by atoms with Gasteiger partial charge in [-0.25, -0.2) is 0 Å². The summed E-state index contributed by atoms with van der Waals surface area (Å²) < 4.78 is 5.58. The predicted octanol–water partition coefficient (Wildman–Crippen LogP) is 4.81. The van der Waals surface area contributed by atoms with Crippen LogP contribution in [0.5, 0.6) is 5.75 Å². The molecule has 0 amide bonds. The van der Waals surface area contributed by atoms with Gasteiger partial charge >= 0.3 is 0 Å². The molecule has 0 saturated heterocycles. The Kier molecular flexibility index (Phi) is 7.27. The van der Waals surface area contributed by atoms with Gasteiger partial charge < -0.3 is 4.74 Å². The van der Waals surface area contributed by atoms with E-state index >= 15 is 0 Å². The smallest absolute Gasteiger partial charge is 0.172 e. The summed E-state index contributed by atoms with van der Waals surface area (Å²) in [6.45, 7) is 5.46. The van der Waals surface area contributed by atoms with Crippen LogP contribution >= 0.6 is 11.6 Å². The van der Waals surface area contributed by atoms with E-state index in [2.05, 4.69) is 6.58 Å². The quantitative estimate of drug-likeness (QED) is 0.479. The zero-order valence-corrected chi connectivity index (χ0v) is 12.2. The summed E-state index contributed by atoms with van der Waals surface area (Å²) in [5, 5.41) is 0.613. The van der Waals surface area contributed by atoms with Gasteiger partial charge in [-0.1, -0.05) is 30.2 Å². The van der Waals surface area contributed by atoms with Gasteiger partial charge in [0.2, 0.25) is 0 Å². The molecule has 0 radical (unpaired) electrons. The number of unbranched alkanes of at least 4 members (excludes halogenated alkanes) is 3. The molecule has 0 N–H and O–H groups in total. The normalized spacial score (nSPS) is 11.9. The van der Waals surface area contributed by atoms with Gasteiger partial charge in [0.1, 0.15) is 5.75 Å². The first-order valence-corrected chi connectivity index (χ1v) is 7.07. The lowest BCUT2D eigenvalue weighted by Gasteiger charge is -2.13. The summed E-state index contributed by atoms with van der Waals surface area (Å²) in [5.74, 6) is 0.776. The molecule has 1 unspecified atom stereocenters. The van der Waals surface area contributed by atoms with Crippen LogP contribution in [0.1, 0.15) is 39.0 Å². The molecule has 1 rings (SSSR count). The number of Topliss-reactive ketones (excluding diaryl/α,β-unsaturated/α-hetero) is 1. The molecular weight excluding hydrogens is 260 g/mol. The van der Waals surface area contributed by atoms with Gasteiger partial charge in [-0.15, -0.1) is 6.58 Å². The van der Waals surface area contributed by atoms with Crippen molar-refractivity contribution in [2.45, 2.75) is 45.1 Å². The van der Waals surface area contributed by atoms with Crippen LogP contribution in [0.3, 0.4) is 0 Å². The Balaban J connectivity index is 2.30. The molecule has 1 aromatic carbocycles. The zero-order valence-electron chi connectivity index (χ0n) is 11.4. The van der Waals surface area contributed by atoms with Gasteiger partial charge in [0, 0.05) is 11.4 Å². The Hall–Kier alpha value is -1.28. The highest BCUT2D eigenvalue weighted by Gasteiger charge is 2.14. The van der Waals surface area contributed by atoms with Crippen LogP contribution < -0.4 is 4.74 Å². The van der Waals surface area contributed by atoms with Crippen molar-refractivity contribution in [3.05, 3.63) is 41.9 Å². The van der Waals surface area contributed by atoms with Crippen LogP contribution in [0.2, 0.25) is 5.02 Å². The number of ketones is 1. The molecule has 104 valence electrons. The topological polar surface area (TPSA) is 26.3 Å². The predicted molar refractivity (Wildman–Crippen MR) is 79.8 cm³/mol. The average Bonchev–Trinajstić information content (AvgIpc) is 2.38. The maximum Gasteiger partial charge on any atom is 0.172 e. The molecule has 0 heterocycles. The first kappa shape index (κ1) is 15.8. The monoisotopic (exact) mass is 280 g/mol. The summed E-state index contributed by atoms with van der Waals surface area (Å²) in [4.78, 5) is 11.9. The van der Waals surface area contributed by atoms with E-state index in [9.17, 15) is 4.79 Å². The van der Waals surface area contributed by atoms with Crippen molar-refractivity contribution in [1.82, 2.24) is 0 Å². The van der Waals surface area contributed by atoms with E-state index in [1.165, 1.54) is 0 Å². The number of allylic oxidation sites excluding steroid dienone is 1. The number of halogens is 1. The molecule has 2 nitrogen and oxygen atoms in total. The third-order valence-corrected chi connectivity index (χ3v) is 3.13. The molecule has 0 aliphatic heterocycles. The standard InChI is InChI=1S/C16H21ClO2/c1-3-4-5-6-7-11-16(18)13(2)19-15-10-8-9-14(17)12-15/h3,8-10,12-13H,1,4-7,11H2,2H3. The van der Waals surface area contributed by atoms with E-state index in [-0.39, 0.29) is 5.78 Å². The Bertz CT molecular complexity index is 415. The number of hydrogen-bond acceptors (Lipinski definition) is 2. The van der Waals surface area contributed by atoms with Gasteiger partial charge in [-0.3, -0.25) is 4.79 Å². The first-order valence-electron chi connectivity index (χ1n) is 6.69. The van der Waals surface area contributed by atoms with E-state index in [0.29, 0.717) is 17.2 Å². The van der Waals surface area contributed by atoms with Crippen LogP contribution in [0, 0.1) is 0 Å². The molecule has 0 aromatic heterocycles.